The minimum absolute atomic E-state index is 0.509. The lowest BCUT2D eigenvalue weighted by Crippen LogP contribution is -2.28. The molecule has 1 aromatic carbocycles. The van der Waals surface area contributed by atoms with Crippen molar-refractivity contribution in [2.75, 3.05) is 13.7 Å². The molecule has 19 heavy (non-hydrogen) atoms. The Kier molecular flexibility index (Phi) is 6.36. The average Bonchev–Trinajstić information content (AvgIpc) is 2.34. The van der Waals surface area contributed by atoms with Crippen LogP contribution in [0.3, 0.4) is 0 Å². The summed E-state index contributed by atoms with van der Waals surface area (Å²) in [5.41, 5.74) is 3.97. The number of ether oxygens (including phenoxy) is 1. The van der Waals surface area contributed by atoms with Crippen LogP contribution in [0.25, 0.3) is 0 Å². The van der Waals surface area contributed by atoms with Crippen LogP contribution < -0.4 is 10.1 Å². The van der Waals surface area contributed by atoms with Gasteiger partial charge in [-0.2, -0.15) is 0 Å². The predicted octanol–water partition coefficient (Wildman–Crippen LogP) is 4.19. The van der Waals surface area contributed by atoms with E-state index < -0.39 is 0 Å². The Balaban J connectivity index is 2.84. The third-order valence-corrected chi connectivity index (χ3v) is 3.66. The summed E-state index contributed by atoms with van der Waals surface area (Å²) in [7, 11) is 1.77. The Morgan fingerprint density at radius 1 is 1.21 bits per heavy atom. The van der Waals surface area contributed by atoms with Crippen LogP contribution in [0.5, 0.6) is 5.75 Å². The number of hydrogen-bond donors (Lipinski definition) is 1. The van der Waals surface area contributed by atoms with E-state index in [1.165, 1.54) is 23.1 Å². The number of methoxy groups -OCH3 is 1. The SMILES string of the molecule is CCCNC(C)CC(C)c1c(C)cc(C)cc1OC. The van der Waals surface area contributed by atoms with Gasteiger partial charge >= 0.3 is 0 Å². The van der Waals surface area contributed by atoms with E-state index in [2.05, 4.69) is 52.1 Å². The van der Waals surface area contributed by atoms with E-state index >= 15 is 0 Å². The maximum Gasteiger partial charge on any atom is 0.122 e. The lowest BCUT2D eigenvalue weighted by atomic mass is 9.89. The first kappa shape index (κ1) is 16.0. The molecule has 0 aliphatic carbocycles. The Morgan fingerprint density at radius 2 is 1.89 bits per heavy atom. The molecular weight excluding hydrogens is 234 g/mol. The van der Waals surface area contributed by atoms with Crippen molar-refractivity contribution in [2.24, 2.45) is 0 Å². The molecule has 0 aliphatic heterocycles. The Bertz CT molecular complexity index is 400. The summed E-state index contributed by atoms with van der Waals surface area (Å²) in [4.78, 5) is 0. The van der Waals surface area contributed by atoms with Crippen LogP contribution in [0.15, 0.2) is 12.1 Å². The van der Waals surface area contributed by atoms with Crippen molar-refractivity contribution >= 4 is 0 Å². The van der Waals surface area contributed by atoms with Gasteiger partial charge in [0.25, 0.3) is 0 Å². The average molecular weight is 263 g/mol. The van der Waals surface area contributed by atoms with Gasteiger partial charge in [-0.3, -0.25) is 0 Å². The zero-order valence-corrected chi connectivity index (χ0v) is 13.3. The van der Waals surface area contributed by atoms with Crippen molar-refractivity contribution < 1.29 is 4.74 Å². The van der Waals surface area contributed by atoms with E-state index in [4.69, 9.17) is 4.74 Å². The fourth-order valence-electron chi connectivity index (χ4n) is 2.86. The first-order valence-electron chi connectivity index (χ1n) is 7.38. The van der Waals surface area contributed by atoms with Crippen LogP contribution in [-0.2, 0) is 0 Å². The van der Waals surface area contributed by atoms with Crippen molar-refractivity contribution in [1.82, 2.24) is 5.32 Å². The van der Waals surface area contributed by atoms with Crippen LogP contribution in [0, 0.1) is 13.8 Å². The molecule has 0 aliphatic rings. The first-order chi connectivity index (χ1) is 8.99. The third kappa shape index (κ3) is 4.54. The molecule has 2 heteroatoms. The number of rotatable bonds is 7. The molecule has 0 heterocycles. The quantitative estimate of drug-likeness (QED) is 0.796. The highest BCUT2D eigenvalue weighted by molar-refractivity contribution is 5.45. The Hall–Kier alpha value is -1.02. The topological polar surface area (TPSA) is 21.3 Å². The van der Waals surface area contributed by atoms with E-state index in [9.17, 15) is 0 Å². The number of hydrogen-bond acceptors (Lipinski definition) is 2. The maximum atomic E-state index is 5.57. The van der Waals surface area contributed by atoms with E-state index in [0.717, 1.165) is 18.7 Å². The third-order valence-electron chi connectivity index (χ3n) is 3.66. The summed E-state index contributed by atoms with van der Waals surface area (Å²) in [6.07, 6.45) is 2.33. The zero-order valence-electron chi connectivity index (χ0n) is 13.3. The minimum atomic E-state index is 0.509. The van der Waals surface area contributed by atoms with E-state index in [0.29, 0.717) is 12.0 Å². The molecule has 1 aromatic rings. The highest BCUT2D eigenvalue weighted by Crippen LogP contribution is 2.33. The number of benzene rings is 1. The monoisotopic (exact) mass is 263 g/mol. The maximum absolute atomic E-state index is 5.57. The largest absolute Gasteiger partial charge is 0.496 e. The summed E-state index contributed by atoms with van der Waals surface area (Å²) in [5, 5.41) is 3.56. The lowest BCUT2D eigenvalue weighted by molar-refractivity contribution is 0.399. The molecule has 108 valence electrons. The smallest absolute Gasteiger partial charge is 0.122 e. The zero-order chi connectivity index (χ0) is 14.4. The number of aryl methyl sites for hydroxylation is 2. The van der Waals surface area contributed by atoms with Gasteiger partial charge in [-0.15, -0.1) is 0 Å². The van der Waals surface area contributed by atoms with E-state index in [1.807, 2.05) is 0 Å². The van der Waals surface area contributed by atoms with Gasteiger partial charge < -0.3 is 10.1 Å². The fourth-order valence-corrected chi connectivity index (χ4v) is 2.86. The van der Waals surface area contributed by atoms with Crippen LogP contribution in [0.4, 0.5) is 0 Å². The van der Waals surface area contributed by atoms with Crippen molar-refractivity contribution in [1.29, 1.82) is 0 Å². The van der Waals surface area contributed by atoms with E-state index in [1.54, 1.807) is 7.11 Å². The van der Waals surface area contributed by atoms with Crippen LogP contribution >= 0.6 is 0 Å². The molecule has 0 fully saturated rings. The standard InChI is InChI=1S/C17H29NO/c1-7-8-18-15(5)11-14(4)17-13(3)9-12(2)10-16(17)19-6/h9-10,14-15,18H,7-8,11H2,1-6H3. The van der Waals surface area contributed by atoms with Crippen molar-refractivity contribution in [3.63, 3.8) is 0 Å². The van der Waals surface area contributed by atoms with Gasteiger partial charge in [0.05, 0.1) is 7.11 Å². The second-order valence-electron chi connectivity index (χ2n) is 5.69. The Labute approximate surface area is 118 Å². The molecule has 2 unspecified atom stereocenters. The molecule has 0 radical (unpaired) electrons. The molecule has 0 saturated carbocycles. The van der Waals surface area contributed by atoms with Crippen LogP contribution in [0.1, 0.15) is 56.2 Å². The summed E-state index contributed by atoms with van der Waals surface area (Å²) >= 11 is 0. The second-order valence-corrected chi connectivity index (χ2v) is 5.69. The van der Waals surface area contributed by atoms with Gasteiger partial charge in [-0.1, -0.05) is 19.9 Å². The lowest BCUT2D eigenvalue weighted by Gasteiger charge is -2.22. The van der Waals surface area contributed by atoms with Gasteiger partial charge in [0, 0.05) is 6.04 Å². The highest BCUT2D eigenvalue weighted by atomic mass is 16.5. The van der Waals surface area contributed by atoms with Crippen molar-refractivity contribution in [3.8, 4) is 5.75 Å². The van der Waals surface area contributed by atoms with Crippen LogP contribution in [-0.4, -0.2) is 19.7 Å². The normalized spacial score (nSPS) is 14.2. The first-order valence-corrected chi connectivity index (χ1v) is 7.38. The van der Waals surface area contributed by atoms with Crippen LogP contribution in [0.2, 0.25) is 0 Å². The summed E-state index contributed by atoms with van der Waals surface area (Å²) < 4.78 is 5.57. The molecule has 1 N–H and O–H groups in total. The minimum Gasteiger partial charge on any atom is -0.496 e. The van der Waals surface area contributed by atoms with Gasteiger partial charge in [-0.25, -0.2) is 0 Å². The van der Waals surface area contributed by atoms with Gasteiger partial charge in [0.1, 0.15) is 5.75 Å². The molecule has 0 amide bonds. The summed E-state index contributed by atoms with van der Waals surface area (Å²) in [5.74, 6) is 1.54. The van der Waals surface area contributed by atoms with Crippen molar-refractivity contribution in [3.05, 3.63) is 28.8 Å². The molecule has 2 atom stereocenters. The molecule has 2 nitrogen and oxygen atoms in total. The van der Waals surface area contributed by atoms with Gasteiger partial charge in [0.15, 0.2) is 0 Å². The second kappa shape index (κ2) is 7.54. The molecule has 0 aromatic heterocycles. The molecular formula is C17H29NO. The predicted molar refractivity (Wildman–Crippen MR) is 83.3 cm³/mol. The summed E-state index contributed by atoms with van der Waals surface area (Å²) in [6, 6.07) is 4.93. The van der Waals surface area contributed by atoms with Crippen molar-refractivity contribution in [2.45, 2.75) is 59.4 Å². The Morgan fingerprint density at radius 3 is 2.47 bits per heavy atom. The molecule has 0 bridgehead atoms. The number of nitrogens with one attached hydrogen (secondary N) is 1. The van der Waals surface area contributed by atoms with Gasteiger partial charge in [-0.05, 0) is 68.8 Å². The molecule has 0 saturated heterocycles. The summed E-state index contributed by atoms with van der Waals surface area (Å²) in [6.45, 7) is 12.2. The van der Waals surface area contributed by atoms with E-state index in [-0.39, 0.29) is 0 Å². The fraction of sp³-hybridized carbons (Fsp3) is 0.647. The van der Waals surface area contributed by atoms with Gasteiger partial charge in [0.2, 0.25) is 0 Å². The molecule has 1 rings (SSSR count). The highest BCUT2D eigenvalue weighted by Gasteiger charge is 2.17. The molecule has 0 spiro atoms.